The number of hydrogen-bond donors (Lipinski definition) is 2. The molecule has 0 saturated carbocycles. The second-order valence-electron chi connectivity index (χ2n) is 8.45. The molecule has 1 aromatic rings. The van der Waals surface area contributed by atoms with E-state index in [0.717, 1.165) is 18.5 Å². The molecule has 3 nitrogen and oxygen atoms in total. The fourth-order valence-electron chi connectivity index (χ4n) is 4.47. The second-order valence-corrected chi connectivity index (χ2v) is 8.45. The number of benzene rings is 1. The normalized spacial score (nSPS) is 20.1. The SMILES string of the molecule is C=C(C)C1CC=C(C(C(=C)Nc2c(C)cccc2C)N2CCCC2)CC1.CC=N. The maximum Gasteiger partial charge on any atom is 0.0707 e. The molecule has 1 heterocycles. The molecule has 2 aliphatic rings. The van der Waals surface area contributed by atoms with Crippen LogP contribution >= 0.6 is 0 Å². The number of hydrogen-bond acceptors (Lipinski definition) is 3. The molecule has 0 spiro atoms. The van der Waals surface area contributed by atoms with Gasteiger partial charge in [0.25, 0.3) is 0 Å². The van der Waals surface area contributed by atoms with Crippen LogP contribution < -0.4 is 5.32 Å². The molecule has 2 unspecified atom stereocenters. The molecule has 2 atom stereocenters. The Bertz CT molecular complexity index is 733. The van der Waals surface area contributed by atoms with E-state index in [1.165, 1.54) is 61.0 Å². The number of nitrogens with zero attached hydrogens (tertiary/aromatic N) is 1. The number of para-hydroxylation sites is 1. The fourth-order valence-corrected chi connectivity index (χ4v) is 4.47. The number of rotatable bonds is 6. The molecule has 1 aliphatic carbocycles. The third-order valence-corrected chi connectivity index (χ3v) is 6.10. The minimum absolute atomic E-state index is 0.322. The topological polar surface area (TPSA) is 39.1 Å². The van der Waals surface area contributed by atoms with Crippen LogP contribution in [0, 0.1) is 25.2 Å². The van der Waals surface area contributed by atoms with Crippen molar-refractivity contribution in [2.75, 3.05) is 18.4 Å². The number of anilines is 1. The van der Waals surface area contributed by atoms with Gasteiger partial charge >= 0.3 is 0 Å². The van der Waals surface area contributed by atoms with E-state index in [-0.39, 0.29) is 0 Å². The molecule has 2 N–H and O–H groups in total. The number of aryl methyl sites for hydroxylation is 2. The first-order chi connectivity index (χ1) is 13.9. The van der Waals surface area contributed by atoms with Gasteiger partial charge in [-0.1, -0.05) is 48.6 Å². The third kappa shape index (κ3) is 6.17. The molecule has 3 rings (SSSR count). The Morgan fingerprint density at radius 1 is 1.21 bits per heavy atom. The van der Waals surface area contributed by atoms with Gasteiger partial charge < -0.3 is 10.7 Å². The highest BCUT2D eigenvalue weighted by atomic mass is 15.2. The van der Waals surface area contributed by atoms with E-state index in [0.29, 0.717) is 12.0 Å². The standard InChI is InChI=1S/C24H34N2.C2H5N/c1-17(2)21-11-13-22(14-12-21)24(26-15-6-7-16-26)20(5)25-23-18(3)9-8-10-19(23)4;1-2-3/h8-10,13,21,24-25H,1,5-7,11-12,14-16H2,2-4H3;2-3H,1H3. The fraction of sp³-hybridized carbons (Fsp3) is 0.500. The summed E-state index contributed by atoms with van der Waals surface area (Å²) in [5.41, 5.74) is 7.79. The van der Waals surface area contributed by atoms with Crippen LogP contribution in [0.3, 0.4) is 0 Å². The highest BCUT2D eigenvalue weighted by molar-refractivity contribution is 5.60. The first kappa shape index (κ1) is 23.2. The van der Waals surface area contributed by atoms with Crippen molar-refractivity contribution in [3.63, 3.8) is 0 Å². The van der Waals surface area contributed by atoms with Crippen molar-refractivity contribution in [1.29, 1.82) is 5.41 Å². The Kier molecular flexibility index (Phi) is 8.91. The average molecular weight is 394 g/mol. The number of likely N-dealkylation sites (tertiary alicyclic amines) is 1. The van der Waals surface area contributed by atoms with Crippen molar-refractivity contribution >= 4 is 11.9 Å². The van der Waals surface area contributed by atoms with Gasteiger partial charge in [-0.25, -0.2) is 0 Å². The zero-order valence-electron chi connectivity index (χ0n) is 18.9. The molecule has 29 heavy (non-hydrogen) atoms. The predicted molar refractivity (Wildman–Crippen MR) is 128 cm³/mol. The van der Waals surface area contributed by atoms with E-state index < -0.39 is 0 Å². The first-order valence-corrected chi connectivity index (χ1v) is 10.9. The quantitative estimate of drug-likeness (QED) is 0.419. The van der Waals surface area contributed by atoms with Crippen molar-refractivity contribution in [3.05, 3.63) is 65.4 Å². The summed E-state index contributed by atoms with van der Waals surface area (Å²) in [6.07, 6.45) is 9.84. The molecule has 0 amide bonds. The van der Waals surface area contributed by atoms with Crippen molar-refractivity contribution in [2.45, 2.75) is 65.8 Å². The average Bonchev–Trinajstić information content (AvgIpc) is 3.20. The van der Waals surface area contributed by atoms with Gasteiger partial charge in [0.05, 0.1) is 6.04 Å². The highest BCUT2D eigenvalue weighted by Crippen LogP contribution is 2.35. The highest BCUT2D eigenvalue weighted by Gasteiger charge is 2.30. The summed E-state index contributed by atoms with van der Waals surface area (Å²) in [4.78, 5) is 2.62. The van der Waals surface area contributed by atoms with Crippen LogP contribution in [0.15, 0.2) is 54.3 Å². The van der Waals surface area contributed by atoms with Crippen molar-refractivity contribution in [2.24, 2.45) is 5.92 Å². The van der Waals surface area contributed by atoms with Crippen molar-refractivity contribution in [3.8, 4) is 0 Å². The Morgan fingerprint density at radius 2 is 1.79 bits per heavy atom. The summed E-state index contributed by atoms with van der Waals surface area (Å²) < 4.78 is 0. The Morgan fingerprint density at radius 3 is 2.28 bits per heavy atom. The van der Waals surface area contributed by atoms with E-state index >= 15 is 0 Å². The predicted octanol–water partition coefficient (Wildman–Crippen LogP) is 6.65. The van der Waals surface area contributed by atoms with Crippen molar-refractivity contribution in [1.82, 2.24) is 4.90 Å². The Labute approximate surface area is 178 Å². The molecular weight excluding hydrogens is 354 g/mol. The molecule has 1 saturated heterocycles. The van der Waals surface area contributed by atoms with Crippen LogP contribution in [0.5, 0.6) is 0 Å². The molecule has 0 aromatic heterocycles. The second kappa shape index (κ2) is 11.2. The van der Waals surface area contributed by atoms with Gasteiger partial charge in [0.2, 0.25) is 0 Å². The summed E-state index contributed by atoms with van der Waals surface area (Å²) >= 11 is 0. The first-order valence-electron chi connectivity index (χ1n) is 10.9. The lowest BCUT2D eigenvalue weighted by Gasteiger charge is -2.35. The van der Waals surface area contributed by atoms with Crippen LogP contribution in [0.4, 0.5) is 5.69 Å². The smallest absolute Gasteiger partial charge is 0.0707 e. The summed E-state index contributed by atoms with van der Waals surface area (Å²) in [6.45, 7) is 19.2. The molecule has 1 aromatic carbocycles. The van der Waals surface area contributed by atoms with E-state index in [9.17, 15) is 0 Å². The molecule has 0 bridgehead atoms. The van der Waals surface area contributed by atoms with E-state index in [1.807, 2.05) is 0 Å². The Hall–Kier alpha value is -2.13. The molecule has 1 aliphatic heterocycles. The van der Waals surface area contributed by atoms with Crippen molar-refractivity contribution < 1.29 is 0 Å². The lowest BCUT2D eigenvalue weighted by Crippen LogP contribution is -2.38. The monoisotopic (exact) mass is 393 g/mol. The maximum absolute atomic E-state index is 6.08. The van der Waals surface area contributed by atoms with E-state index in [2.05, 4.69) is 68.4 Å². The van der Waals surface area contributed by atoms with Gasteiger partial charge in [0.15, 0.2) is 0 Å². The van der Waals surface area contributed by atoms with E-state index in [4.69, 9.17) is 5.41 Å². The zero-order valence-corrected chi connectivity index (χ0v) is 18.9. The van der Waals surface area contributed by atoms with E-state index in [1.54, 1.807) is 12.5 Å². The van der Waals surface area contributed by atoms with Gasteiger partial charge in [0.1, 0.15) is 0 Å². The Balaban J connectivity index is 0.000000941. The van der Waals surface area contributed by atoms with Gasteiger partial charge in [-0.2, -0.15) is 0 Å². The van der Waals surface area contributed by atoms with Crippen LogP contribution in [0.25, 0.3) is 0 Å². The largest absolute Gasteiger partial charge is 0.357 e. The van der Waals surface area contributed by atoms with Gasteiger partial charge in [-0.3, -0.25) is 4.90 Å². The number of allylic oxidation sites excluding steroid dienone is 2. The molecule has 158 valence electrons. The molecule has 3 heteroatoms. The summed E-state index contributed by atoms with van der Waals surface area (Å²) in [6, 6.07) is 6.79. The minimum atomic E-state index is 0.322. The van der Waals surface area contributed by atoms with Crippen LogP contribution in [0.2, 0.25) is 0 Å². The number of nitrogens with one attached hydrogen (secondary N) is 2. The molecule has 0 radical (unpaired) electrons. The van der Waals surface area contributed by atoms with Crippen LogP contribution in [-0.2, 0) is 0 Å². The lowest BCUT2D eigenvalue weighted by molar-refractivity contribution is 0.293. The van der Waals surface area contributed by atoms with Gasteiger partial charge in [-0.05, 0) is 96.1 Å². The van der Waals surface area contributed by atoms with Crippen LogP contribution in [-0.4, -0.2) is 30.2 Å². The summed E-state index contributed by atoms with van der Waals surface area (Å²) in [5, 5.41) is 9.78. The van der Waals surface area contributed by atoms with Gasteiger partial charge in [0, 0.05) is 11.4 Å². The lowest BCUT2D eigenvalue weighted by atomic mass is 9.82. The minimum Gasteiger partial charge on any atom is -0.357 e. The molecular formula is C26H39N3. The van der Waals surface area contributed by atoms with Crippen LogP contribution in [0.1, 0.15) is 57.1 Å². The summed E-state index contributed by atoms with van der Waals surface area (Å²) in [5.74, 6) is 0.651. The maximum atomic E-state index is 6.08. The summed E-state index contributed by atoms with van der Waals surface area (Å²) in [7, 11) is 0. The van der Waals surface area contributed by atoms with Gasteiger partial charge in [-0.15, -0.1) is 0 Å². The third-order valence-electron chi connectivity index (χ3n) is 6.10. The molecule has 1 fully saturated rings. The zero-order chi connectivity index (χ0) is 21.4.